The van der Waals surface area contributed by atoms with Crippen molar-refractivity contribution in [1.29, 1.82) is 0 Å². The molecule has 1 aliphatic heterocycles. The first-order valence-electron chi connectivity index (χ1n) is 7.23. The average Bonchev–Trinajstić information content (AvgIpc) is 3.03. The van der Waals surface area contributed by atoms with E-state index < -0.39 is 9.05 Å². The van der Waals surface area contributed by atoms with Crippen LogP contribution in [-0.4, -0.2) is 42.0 Å². The number of H-pyrrole nitrogens is 1. The molecule has 8 heteroatoms. The van der Waals surface area contributed by atoms with Gasteiger partial charge in [0, 0.05) is 23.3 Å². The topological polar surface area (TPSA) is 83.1 Å². The number of likely N-dealkylation sites (tertiary alicyclic amines) is 1. The van der Waals surface area contributed by atoms with Crippen molar-refractivity contribution in [3.63, 3.8) is 0 Å². The Morgan fingerprint density at radius 1 is 1.48 bits per heavy atom. The molecule has 0 spiro atoms. The lowest BCUT2D eigenvalue weighted by atomic mass is 10.1. The smallest absolute Gasteiger partial charge is 0.276 e. The summed E-state index contributed by atoms with van der Waals surface area (Å²) in [6.45, 7) is 4.57. The van der Waals surface area contributed by atoms with E-state index in [0.29, 0.717) is 18.7 Å². The molecule has 21 heavy (non-hydrogen) atoms. The first-order valence-corrected chi connectivity index (χ1v) is 9.53. The maximum absolute atomic E-state index is 12.6. The van der Waals surface area contributed by atoms with Gasteiger partial charge in [-0.1, -0.05) is 20.3 Å². The highest BCUT2D eigenvalue weighted by atomic mass is 35.7. The van der Waals surface area contributed by atoms with Crippen LogP contribution < -0.4 is 0 Å². The van der Waals surface area contributed by atoms with Crippen molar-refractivity contribution in [2.45, 2.75) is 56.9 Å². The summed E-state index contributed by atoms with van der Waals surface area (Å²) in [4.78, 5) is 14.2. The zero-order valence-corrected chi connectivity index (χ0v) is 13.8. The number of halogens is 1. The van der Waals surface area contributed by atoms with Crippen LogP contribution in [0.25, 0.3) is 0 Å². The Hall–Kier alpha value is -1.08. The van der Waals surface area contributed by atoms with E-state index in [-0.39, 0.29) is 22.5 Å². The summed E-state index contributed by atoms with van der Waals surface area (Å²) in [5, 5.41) is 6.59. The second-order valence-corrected chi connectivity index (χ2v) is 7.77. The van der Waals surface area contributed by atoms with E-state index in [1.165, 1.54) is 0 Å². The molecule has 1 aliphatic rings. The normalized spacial score (nSPS) is 19.2. The Balaban J connectivity index is 2.42. The van der Waals surface area contributed by atoms with Gasteiger partial charge < -0.3 is 4.90 Å². The predicted octanol–water partition coefficient (Wildman–Crippen LogP) is 2.30. The van der Waals surface area contributed by atoms with Crippen LogP contribution in [0.5, 0.6) is 0 Å². The molecule has 2 heterocycles. The molecule has 1 amide bonds. The second kappa shape index (κ2) is 6.36. The molecule has 0 aliphatic carbocycles. The van der Waals surface area contributed by atoms with Crippen molar-refractivity contribution in [1.82, 2.24) is 15.1 Å². The average molecular weight is 334 g/mol. The molecule has 1 fully saturated rings. The standard InChI is InChI=1S/C13H20ClN3O3S/c1-3-6-10-12(21(14,19)20)11(16-15-10)13(18)17-8-5-7-9(17)4-2/h9H,3-8H2,1-2H3,(H,15,16). The third kappa shape index (κ3) is 3.23. The number of aryl methyl sites for hydroxylation is 1. The molecular formula is C13H20ClN3O3S. The number of aromatic nitrogens is 2. The monoisotopic (exact) mass is 333 g/mol. The molecule has 1 unspecified atom stereocenters. The predicted molar refractivity (Wildman–Crippen MR) is 80.0 cm³/mol. The van der Waals surface area contributed by atoms with E-state index >= 15 is 0 Å². The van der Waals surface area contributed by atoms with E-state index in [0.717, 1.165) is 25.7 Å². The van der Waals surface area contributed by atoms with Gasteiger partial charge in [-0.05, 0) is 25.7 Å². The van der Waals surface area contributed by atoms with Crippen molar-refractivity contribution < 1.29 is 13.2 Å². The Kier molecular flexibility index (Phi) is 4.93. The summed E-state index contributed by atoms with van der Waals surface area (Å²) in [5.41, 5.74) is 0.330. The molecule has 1 atom stereocenters. The van der Waals surface area contributed by atoms with Crippen molar-refractivity contribution in [2.75, 3.05) is 6.54 Å². The van der Waals surface area contributed by atoms with Crippen LogP contribution in [0.3, 0.4) is 0 Å². The molecule has 1 aromatic heterocycles. The molecule has 0 bridgehead atoms. The van der Waals surface area contributed by atoms with E-state index in [4.69, 9.17) is 10.7 Å². The van der Waals surface area contributed by atoms with Gasteiger partial charge in [-0.2, -0.15) is 5.10 Å². The number of nitrogens with zero attached hydrogens (tertiary/aromatic N) is 2. The van der Waals surface area contributed by atoms with E-state index in [1.807, 2.05) is 13.8 Å². The number of carbonyl (C=O) groups is 1. The Morgan fingerprint density at radius 3 is 2.76 bits per heavy atom. The lowest BCUT2D eigenvalue weighted by Crippen LogP contribution is -2.35. The summed E-state index contributed by atoms with van der Waals surface area (Å²) in [5.74, 6) is -0.350. The lowest BCUT2D eigenvalue weighted by molar-refractivity contribution is 0.0723. The minimum Gasteiger partial charge on any atom is -0.334 e. The summed E-state index contributed by atoms with van der Waals surface area (Å²) < 4.78 is 23.6. The zero-order chi connectivity index (χ0) is 15.6. The minimum absolute atomic E-state index is 0.0752. The van der Waals surface area contributed by atoms with Gasteiger partial charge in [0.1, 0.15) is 4.90 Å². The van der Waals surface area contributed by atoms with Crippen molar-refractivity contribution in [2.24, 2.45) is 0 Å². The van der Waals surface area contributed by atoms with E-state index in [2.05, 4.69) is 10.2 Å². The number of hydrogen-bond acceptors (Lipinski definition) is 4. The SMILES string of the molecule is CCCc1[nH]nc(C(=O)N2CCCC2CC)c1S(=O)(=O)Cl. The minimum atomic E-state index is -4.01. The first kappa shape index (κ1) is 16.3. The largest absolute Gasteiger partial charge is 0.334 e. The van der Waals surface area contributed by atoms with Crippen molar-refractivity contribution in [3.8, 4) is 0 Å². The van der Waals surface area contributed by atoms with Crippen molar-refractivity contribution in [3.05, 3.63) is 11.4 Å². The maximum atomic E-state index is 12.6. The summed E-state index contributed by atoms with van der Waals surface area (Å²) >= 11 is 0. The third-order valence-electron chi connectivity index (χ3n) is 3.85. The molecule has 0 saturated carbocycles. The van der Waals surface area contributed by atoms with Crippen LogP contribution in [0.4, 0.5) is 0 Å². The molecule has 1 saturated heterocycles. The van der Waals surface area contributed by atoms with Crippen LogP contribution in [0.1, 0.15) is 55.7 Å². The summed E-state index contributed by atoms with van der Waals surface area (Å²) in [7, 11) is 1.50. The molecule has 0 radical (unpaired) electrons. The molecule has 0 aromatic carbocycles. The van der Waals surface area contributed by atoms with Gasteiger partial charge >= 0.3 is 0 Å². The van der Waals surface area contributed by atoms with Crippen LogP contribution in [0, 0.1) is 0 Å². The molecule has 2 rings (SSSR count). The lowest BCUT2D eigenvalue weighted by Gasteiger charge is -2.22. The molecule has 6 nitrogen and oxygen atoms in total. The first-order chi connectivity index (χ1) is 9.90. The van der Waals surface area contributed by atoms with Gasteiger partial charge in [-0.25, -0.2) is 8.42 Å². The van der Waals surface area contributed by atoms with Crippen LogP contribution >= 0.6 is 10.7 Å². The third-order valence-corrected chi connectivity index (χ3v) is 5.24. The van der Waals surface area contributed by atoms with Gasteiger partial charge in [0.05, 0.1) is 5.69 Å². The number of hydrogen-bond donors (Lipinski definition) is 1. The highest BCUT2D eigenvalue weighted by molar-refractivity contribution is 8.13. The second-order valence-electron chi connectivity index (χ2n) is 5.27. The van der Waals surface area contributed by atoms with Crippen LogP contribution in [-0.2, 0) is 15.5 Å². The van der Waals surface area contributed by atoms with Gasteiger partial charge in [0.15, 0.2) is 5.69 Å². The number of aromatic amines is 1. The fourth-order valence-electron chi connectivity index (χ4n) is 2.86. The van der Waals surface area contributed by atoms with E-state index in [9.17, 15) is 13.2 Å². The Labute approximate surface area is 129 Å². The molecular weight excluding hydrogens is 314 g/mol. The van der Waals surface area contributed by atoms with Gasteiger partial charge in [-0.15, -0.1) is 0 Å². The van der Waals surface area contributed by atoms with Gasteiger partial charge in [0.2, 0.25) is 0 Å². The van der Waals surface area contributed by atoms with E-state index in [1.54, 1.807) is 4.90 Å². The molecule has 1 N–H and O–H groups in total. The van der Waals surface area contributed by atoms with Crippen LogP contribution in [0.2, 0.25) is 0 Å². The Bertz CT molecular complexity index is 627. The molecule has 118 valence electrons. The zero-order valence-electron chi connectivity index (χ0n) is 12.2. The number of rotatable bonds is 5. The number of amides is 1. The maximum Gasteiger partial charge on any atom is 0.276 e. The summed E-state index contributed by atoms with van der Waals surface area (Å²) in [6, 6.07) is 0.148. The highest BCUT2D eigenvalue weighted by Gasteiger charge is 2.34. The Morgan fingerprint density at radius 2 is 2.19 bits per heavy atom. The van der Waals surface area contributed by atoms with Crippen molar-refractivity contribution >= 4 is 25.6 Å². The van der Waals surface area contributed by atoms with Gasteiger partial charge in [-0.3, -0.25) is 9.89 Å². The highest BCUT2D eigenvalue weighted by Crippen LogP contribution is 2.28. The fraction of sp³-hybridized carbons (Fsp3) is 0.692. The number of nitrogens with one attached hydrogen (secondary N) is 1. The molecule has 1 aromatic rings. The quantitative estimate of drug-likeness (QED) is 0.838. The fourth-order valence-corrected chi connectivity index (χ4v) is 4.16. The van der Waals surface area contributed by atoms with Crippen LogP contribution in [0.15, 0.2) is 4.90 Å². The number of carbonyl (C=O) groups excluding carboxylic acids is 1. The van der Waals surface area contributed by atoms with Gasteiger partial charge in [0.25, 0.3) is 15.0 Å². The summed E-state index contributed by atoms with van der Waals surface area (Å²) in [6.07, 6.45) is 3.94.